The van der Waals surface area contributed by atoms with Crippen molar-refractivity contribution >= 4 is 0 Å². The molecule has 0 aliphatic heterocycles. The molecule has 0 aromatic carbocycles. The van der Waals surface area contributed by atoms with Crippen molar-refractivity contribution in [1.29, 1.82) is 0 Å². The van der Waals surface area contributed by atoms with E-state index >= 15 is 0 Å². The third kappa shape index (κ3) is 4.74. The Morgan fingerprint density at radius 3 is 2.39 bits per heavy atom. The fraction of sp³-hybridized carbons (Fsp3) is 0.840. The summed E-state index contributed by atoms with van der Waals surface area (Å²) in [5.41, 5.74) is 2.67. The molecule has 0 saturated heterocycles. The van der Waals surface area contributed by atoms with Gasteiger partial charge < -0.3 is 15.3 Å². The molecule has 5 atom stereocenters. The van der Waals surface area contributed by atoms with Crippen LogP contribution in [0.4, 0.5) is 0 Å². The van der Waals surface area contributed by atoms with Crippen molar-refractivity contribution in [3.8, 4) is 0 Å². The molecular formula is C25H42O3. The highest BCUT2D eigenvalue weighted by atomic mass is 16.3. The van der Waals surface area contributed by atoms with Crippen LogP contribution < -0.4 is 0 Å². The van der Waals surface area contributed by atoms with E-state index in [4.69, 9.17) is 0 Å². The zero-order chi connectivity index (χ0) is 20.4. The van der Waals surface area contributed by atoms with Crippen LogP contribution in [-0.4, -0.2) is 33.1 Å². The van der Waals surface area contributed by atoms with E-state index in [9.17, 15) is 15.3 Å². The van der Waals surface area contributed by atoms with Gasteiger partial charge in [-0.15, -0.1) is 0 Å². The van der Waals surface area contributed by atoms with Crippen molar-refractivity contribution in [3.05, 3.63) is 23.3 Å². The molecule has 3 aliphatic carbocycles. The van der Waals surface area contributed by atoms with Crippen LogP contribution in [0.1, 0.15) is 97.8 Å². The Kier molecular flexibility index (Phi) is 7.10. The number of aliphatic hydroxyl groups is 3. The number of hydrogen-bond donors (Lipinski definition) is 3. The molecule has 0 radical (unpaired) electrons. The monoisotopic (exact) mass is 390 g/mol. The van der Waals surface area contributed by atoms with Gasteiger partial charge >= 0.3 is 0 Å². The van der Waals surface area contributed by atoms with Crippen LogP contribution >= 0.6 is 0 Å². The molecule has 160 valence electrons. The van der Waals surface area contributed by atoms with Crippen molar-refractivity contribution in [2.24, 2.45) is 17.3 Å². The minimum atomic E-state index is -0.477. The number of hydrogen-bond acceptors (Lipinski definition) is 3. The lowest BCUT2D eigenvalue weighted by atomic mass is 9.62. The van der Waals surface area contributed by atoms with E-state index in [2.05, 4.69) is 32.9 Å². The van der Waals surface area contributed by atoms with Gasteiger partial charge in [0.15, 0.2) is 0 Å². The average Bonchev–Trinajstić information content (AvgIpc) is 3.00. The molecule has 3 fully saturated rings. The molecule has 3 aliphatic rings. The Labute approximate surface area is 171 Å². The summed E-state index contributed by atoms with van der Waals surface area (Å²) in [7, 11) is 0. The predicted molar refractivity (Wildman–Crippen MR) is 115 cm³/mol. The lowest BCUT2D eigenvalue weighted by molar-refractivity contribution is 0.00882. The highest BCUT2D eigenvalue weighted by Crippen LogP contribution is 2.59. The van der Waals surface area contributed by atoms with Crippen molar-refractivity contribution in [2.45, 2.75) is 116 Å². The van der Waals surface area contributed by atoms with E-state index in [-0.39, 0.29) is 0 Å². The number of rotatable bonds is 6. The lowest BCUT2D eigenvalue weighted by Crippen LogP contribution is -2.35. The van der Waals surface area contributed by atoms with Crippen molar-refractivity contribution < 1.29 is 15.3 Å². The van der Waals surface area contributed by atoms with E-state index in [1.54, 1.807) is 5.57 Å². The molecule has 3 heteroatoms. The maximum Gasteiger partial charge on any atom is 0.0642 e. The first kappa shape index (κ1) is 22.1. The van der Waals surface area contributed by atoms with Gasteiger partial charge in [-0.1, -0.05) is 44.1 Å². The first-order valence-electron chi connectivity index (χ1n) is 11.8. The average molecular weight is 391 g/mol. The van der Waals surface area contributed by atoms with E-state index in [1.165, 1.54) is 37.7 Å². The van der Waals surface area contributed by atoms with Crippen LogP contribution in [0.2, 0.25) is 0 Å². The van der Waals surface area contributed by atoms with Crippen LogP contribution in [0.15, 0.2) is 23.3 Å². The summed E-state index contributed by atoms with van der Waals surface area (Å²) < 4.78 is 0. The normalized spacial score (nSPS) is 39.5. The van der Waals surface area contributed by atoms with Gasteiger partial charge in [0, 0.05) is 0 Å². The molecule has 3 nitrogen and oxygen atoms in total. The maximum absolute atomic E-state index is 10.7. The maximum atomic E-state index is 10.7. The lowest BCUT2D eigenvalue weighted by Gasteiger charge is -2.43. The summed E-state index contributed by atoms with van der Waals surface area (Å²) >= 11 is 0. The second-order valence-electron chi connectivity index (χ2n) is 10.2. The number of allylic oxidation sites excluding steroid dienone is 3. The summed E-state index contributed by atoms with van der Waals surface area (Å²) in [6, 6.07) is 0. The van der Waals surface area contributed by atoms with Crippen LogP contribution in [0, 0.1) is 17.3 Å². The van der Waals surface area contributed by atoms with Gasteiger partial charge in [-0.25, -0.2) is 0 Å². The Bertz CT molecular complexity index is 577. The highest BCUT2D eigenvalue weighted by Gasteiger charge is 2.49. The molecule has 0 aromatic heterocycles. The summed E-state index contributed by atoms with van der Waals surface area (Å²) in [5.74, 6) is 1.38. The van der Waals surface area contributed by atoms with Gasteiger partial charge in [0.2, 0.25) is 0 Å². The Morgan fingerprint density at radius 1 is 1.07 bits per heavy atom. The first-order chi connectivity index (χ1) is 13.3. The van der Waals surface area contributed by atoms with Crippen molar-refractivity contribution in [2.75, 3.05) is 0 Å². The second-order valence-corrected chi connectivity index (χ2v) is 10.2. The second kappa shape index (κ2) is 9.02. The van der Waals surface area contributed by atoms with Gasteiger partial charge in [0.1, 0.15) is 0 Å². The molecule has 3 N–H and O–H groups in total. The predicted octanol–water partition coefficient (Wildman–Crippen LogP) is 5.29. The van der Waals surface area contributed by atoms with Gasteiger partial charge in [0.05, 0.1) is 17.8 Å². The molecule has 3 saturated carbocycles. The third-order valence-electron chi connectivity index (χ3n) is 8.51. The largest absolute Gasteiger partial charge is 0.393 e. The van der Waals surface area contributed by atoms with Crippen LogP contribution in [0.5, 0.6) is 0 Å². The topological polar surface area (TPSA) is 60.7 Å². The highest BCUT2D eigenvalue weighted by molar-refractivity contribution is 5.26. The molecule has 0 aromatic rings. The van der Waals surface area contributed by atoms with Gasteiger partial charge in [-0.05, 0) is 94.3 Å². The zero-order valence-corrected chi connectivity index (χ0v) is 18.3. The minimum Gasteiger partial charge on any atom is -0.393 e. The summed E-state index contributed by atoms with van der Waals surface area (Å²) in [6.45, 7) is 6.72. The summed E-state index contributed by atoms with van der Waals surface area (Å²) in [4.78, 5) is 0. The van der Waals surface area contributed by atoms with Crippen molar-refractivity contribution in [3.63, 3.8) is 0 Å². The smallest absolute Gasteiger partial charge is 0.0642 e. The van der Waals surface area contributed by atoms with Gasteiger partial charge in [-0.2, -0.15) is 0 Å². The molecule has 28 heavy (non-hydrogen) atoms. The fourth-order valence-electron chi connectivity index (χ4n) is 6.40. The minimum absolute atomic E-state index is 0.372. The summed E-state index contributed by atoms with van der Waals surface area (Å²) in [5, 5.41) is 30.6. The van der Waals surface area contributed by atoms with E-state index in [0.29, 0.717) is 30.6 Å². The van der Waals surface area contributed by atoms with Crippen LogP contribution in [0.3, 0.4) is 0 Å². The van der Waals surface area contributed by atoms with Crippen LogP contribution in [0.25, 0.3) is 0 Å². The number of aliphatic hydroxyl groups excluding tert-OH is 2. The van der Waals surface area contributed by atoms with E-state index < -0.39 is 17.8 Å². The molecule has 0 bridgehead atoms. The van der Waals surface area contributed by atoms with Gasteiger partial charge in [0.25, 0.3) is 0 Å². The number of fused-ring (bicyclic) bond motifs is 1. The molecular weight excluding hydrogens is 348 g/mol. The zero-order valence-electron chi connectivity index (χ0n) is 18.3. The molecule has 0 heterocycles. The quantitative estimate of drug-likeness (QED) is 0.577. The SMILES string of the molecule is CCC(O)(CC)CCC1CCC2/C(=C/C=C3/CC(O)C[C@H](O)C3)CCC[C@]12C. The van der Waals surface area contributed by atoms with Crippen molar-refractivity contribution in [1.82, 2.24) is 0 Å². The Balaban J connectivity index is 1.69. The Morgan fingerprint density at radius 2 is 1.75 bits per heavy atom. The molecule has 3 rings (SSSR count). The van der Waals surface area contributed by atoms with E-state index in [1.807, 2.05) is 0 Å². The summed E-state index contributed by atoms with van der Waals surface area (Å²) in [6.07, 6.45) is 15.8. The fourth-order valence-corrected chi connectivity index (χ4v) is 6.40. The van der Waals surface area contributed by atoms with E-state index in [0.717, 1.165) is 31.6 Å². The first-order valence-corrected chi connectivity index (χ1v) is 11.8. The van der Waals surface area contributed by atoms with Gasteiger partial charge in [-0.3, -0.25) is 0 Å². The molecule has 3 unspecified atom stereocenters. The molecule has 0 spiro atoms. The van der Waals surface area contributed by atoms with Crippen LogP contribution in [-0.2, 0) is 0 Å². The standard InChI is InChI=1S/C25H42O3/c1-4-25(28,5-2)14-12-20-10-11-23-19(7-6-13-24(20,23)3)9-8-18-15-21(26)17-22(27)16-18/h8-9,20-23,26-28H,4-7,10-17H2,1-3H3/b18-8-,19-9+/t20?,21?,22-,23?,24-/m1/s1. The third-order valence-corrected chi connectivity index (χ3v) is 8.51. The Hall–Kier alpha value is -0.640. The molecule has 0 amide bonds.